The molecule has 2 amide bonds. The van der Waals surface area contributed by atoms with Crippen molar-refractivity contribution < 1.29 is 14.7 Å². The van der Waals surface area contributed by atoms with E-state index in [0.29, 0.717) is 15.2 Å². The lowest BCUT2D eigenvalue weighted by molar-refractivity contribution is -0.135. The molecule has 7 heteroatoms. The van der Waals surface area contributed by atoms with Crippen molar-refractivity contribution in [3.63, 3.8) is 0 Å². The third-order valence-electron chi connectivity index (χ3n) is 3.53. The fourth-order valence-electron chi connectivity index (χ4n) is 2.50. The summed E-state index contributed by atoms with van der Waals surface area (Å²) in [6, 6.07) is 3.85. The zero-order valence-electron chi connectivity index (χ0n) is 10.8. The minimum Gasteiger partial charge on any atom is -0.508 e. The average Bonchev–Trinajstić information content (AvgIpc) is 2.41. The van der Waals surface area contributed by atoms with Gasteiger partial charge >= 0.3 is 0 Å². The second-order valence-electron chi connectivity index (χ2n) is 4.88. The molecule has 1 saturated heterocycles. The topological polar surface area (TPSA) is 88.4 Å². The standard InChI is InChI=1S/C14H11BrN2O4/c15-10-6-7(18)5-9-8(10)3-4-17(14(9)21)11-1-2-12(19)16-13(11)20/h3-6,11,18H,1-2H2,(H,16,19,20). The van der Waals surface area contributed by atoms with Gasteiger partial charge in [0, 0.05) is 22.5 Å². The number of halogens is 1. The van der Waals surface area contributed by atoms with Crippen LogP contribution in [-0.4, -0.2) is 21.5 Å². The van der Waals surface area contributed by atoms with E-state index in [4.69, 9.17) is 0 Å². The van der Waals surface area contributed by atoms with Crippen molar-refractivity contribution in [1.29, 1.82) is 0 Å². The number of phenols is 1. The van der Waals surface area contributed by atoms with Crippen LogP contribution in [-0.2, 0) is 9.59 Å². The van der Waals surface area contributed by atoms with Crippen LogP contribution in [0.3, 0.4) is 0 Å². The van der Waals surface area contributed by atoms with Crippen molar-refractivity contribution in [2.45, 2.75) is 18.9 Å². The zero-order chi connectivity index (χ0) is 15.1. The smallest absolute Gasteiger partial charge is 0.259 e. The zero-order valence-corrected chi connectivity index (χ0v) is 12.4. The summed E-state index contributed by atoms with van der Waals surface area (Å²) < 4.78 is 1.90. The second-order valence-corrected chi connectivity index (χ2v) is 5.74. The molecule has 1 unspecified atom stereocenters. The number of phenolic OH excluding ortho intramolecular Hbond substituents is 1. The predicted octanol–water partition coefficient (Wildman–Crippen LogP) is 1.45. The number of carbonyl (C=O) groups excluding carboxylic acids is 2. The number of aromatic hydroxyl groups is 1. The number of hydrogen-bond donors (Lipinski definition) is 2. The number of amides is 2. The van der Waals surface area contributed by atoms with E-state index in [1.807, 2.05) is 0 Å². The number of imide groups is 1. The van der Waals surface area contributed by atoms with E-state index in [9.17, 15) is 19.5 Å². The van der Waals surface area contributed by atoms with Crippen LogP contribution >= 0.6 is 15.9 Å². The number of pyridine rings is 1. The van der Waals surface area contributed by atoms with Crippen LogP contribution in [0.5, 0.6) is 5.75 Å². The van der Waals surface area contributed by atoms with Gasteiger partial charge in [-0.25, -0.2) is 0 Å². The molecule has 1 aliphatic heterocycles. The van der Waals surface area contributed by atoms with Gasteiger partial charge in [0.25, 0.3) is 5.56 Å². The molecule has 0 aliphatic carbocycles. The largest absolute Gasteiger partial charge is 0.508 e. The van der Waals surface area contributed by atoms with Gasteiger partial charge in [-0.2, -0.15) is 0 Å². The Balaban J connectivity index is 2.17. The maximum absolute atomic E-state index is 12.5. The Morgan fingerprint density at radius 2 is 2.00 bits per heavy atom. The van der Waals surface area contributed by atoms with Crippen LogP contribution in [0, 0.1) is 0 Å². The normalized spacial score (nSPS) is 18.8. The Kier molecular flexibility index (Phi) is 3.29. The second kappa shape index (κ2) is 5.00. The first-order valence-electron chi connectivity index (χ1n) is 6.34. The molecule has 1 atom stereocenters. The molecule has 0 spiro atoms. The number of piperidine rings is 1. The van der Waals surface area contributed by atoms with E-state index in [0.717, 1.165) is 0 Å². The number of nitrogens with one attached hydrogen (secondary N) is 1. The molecule has 2 heterocycles. The molecule has 0 radical (unpaired) electrons. The molecule has 3 rings (SSSR count). The van der Waals surface area contributed by atoms with Gasteiger partial charge in [0.15, 0.2) is 0 Å². The van der Waals surface area contributed by atoms with Gasteiger partial charge in [-0.05, 0) is 24.6 Å². The van der Waals surface area contributed by atoms with E-state index in [1.54, 1.807) is 6.07 Å². The molecule has 6 nitrogen and oxygen atoms in total. The number of hydrogen-bond acceptors (Lipinski definition) is 4. The van der Waals surface area contributed by atoms with Crippen LogP contribution < -0.4 is 10.9 Å². The minimum atomic E-state index is -0.708. The number of benzene rings is 1. The van der Waals surface area contributed by atoms with Gasteiger partial charge in [0.2, 0.25) is 11.8 Å². The molecule has 1 aromatic carbocycles. The fourth-order valence-corrected chi connectivity index (χ4v) is 3.08. The maximum atomic E-state index is 12.5. The molecule has 1 aromatic heterocycles. The summed E-state index contributed by atoms with van der Waals surface area (Å²) in [5, 5.41) is 12.8. The third-order valence-corrected chi connectivity index (χ3v) is 4.18. The lowest BCUT2D eigenvalue weighted by Crippen LogP contribution is -2.44. The molecule has 0 saturated carbocycles. The number of carbonyl (C=O) groups is 2. The quantitative estimate of drug-likeness (QED) is 0.762. The van der Waals surface area contributed by atoms with Crippen LogP contribution in [0.2, 0.25) is 0 Å². The van der Waals surface area contributed by atoms with E-state index >= 15 is 0 Å². The third kappa shape index (κ3) is 2.33. The molecular formula is C14H11BrN2O4. The summed E-state index contributed by atoms with van der Waals surface area (Å²) in [5.41, 5.74) is -0.376. The van der Waals surface area contributed by atoms with Crippen molar-refractivity contribution in [3.8, 4) is 5.75 Å². The molecule has 2 N–H and O–H groups in total. The Morgan fingerprint density at radius 1 is 1.24 bits per heavy atom. The number of nitrogens with zero attached hydrogens (tertiary/aromatic N) is 1. The lowest BCUT2D eigenvalue weighted by Gasteiger charge is -2.23. The van der Waals surface area contributed by atoms with Crippen LogP contribution in [0.15, 0.2) is 33.7 Å². The molecule has 2 aromatic rings. The number of rotatable bonds is 1. The molecule has 1 aliphatic rings. The summed E-state index contributed by atoms with van der Waals surface area (Å²) in [5.74, 6) is -0.843. The number of fused-ring (bicyclic) bond motifs is 1. The van der Waals surface area contributed by atoms with Gasteiger partial charge < -0.3 is 9.67 Å². The first-order chi connectivity index (χ1) is 9.97. The summed E-state index contributed by atoms with van der Waals surface area (Å²) in [4.78, 5) is 35.6. The van der Waals surface area contributed by atoms with Crippen molar-refractivity contribution in [2.24, 2.45) is 0 Å². The monoisotopic (exact) mass is 350 g/mol. The van der Waals surface area contributed by atoms with Crippen molar-refractivity contribution in [1.82, 2.24) is 9.88 Å². The van der Waals surface area contributed by atoms with Crippen molar-refractivity contribution in [2.75, 3.05) is 0 Å². The minimum absolute atomic E-state index is 0.0347. The van der Waals surface area contributed by atoms with E-state index in [1.165, 1.54) is 22.9 Å². The highest BCUT2D eigenvalue weighted by Crippen LogP contribution is 2.27. The van der Waals surface area contributed by atoms with E-state index in [2.05, 4.69) is 21.2 Å². The Morgan fingerprint density at radius 3 is 2.71 bits per heavy atom. The summed E-state index contributed by atoms with van der Waals surface area (Å²) in [7, 11) is 0. The Bertz CT molecular complexity index is 828. The first kappa shape index (κ1) is 13.8. The molecule has 108 valence electrons. The molecular weight excluding hydrogens is 340 g/mol. The predicted molar refractivity (Wildman–Crippen MR) is 79.0 cm³/mol. The first-order valence-corrected chi connectivity index (χ1v) is 7.14. The van der Waals surface area contributed by atoms with E-state index in [-0.39, 0.29) is 30.1 Å². The van der Waals surface area contributed by atoms with Crippen LogP contribution in [0.1, 0.15) is 18.9 Å². The maximum Gasteiger partial charge on any atom is 0.259 e. The van der Waals surface area contributed by atoms with Crippen LogP contribution in [0.25, 0.3) is 10.8 Å². The van der Waals surface area contributed by atoms with Crippen molar-refractivity contribution in [3.05, 3.63) is 39.2 Å². The van der Waals surface area contributed by atoms with Gasteiger partial charge in [-0.15, -0.1) is 0 Å². The van der Waals surface area contributed by atoms with Gasteiger partial charge in [0.1, 0.15) is 11.8 Å². The molecule has 1 fully saturated rings. The van der Waals surface area contributed by atoms with E-state index < -0.39 is 11.9 Å². The van der Waals surface area contributed by atoms with Gasteiger partial charge in [0.05, 0.1) is 5.39 Å². The highest BCUT2D eigenvalue weighted by Gasteiger charge is 2.28. The highest BCUT2D eigenvalue weighted by atomic mass is 79.9. The summed E-state index contributed by atoms with van der Waals surface area (Å²) in [6.07, 6.45) is 2.02. The average molecular weight is 351 g/mol. The molecule has 0 bridgehead atoms. The van der Waals surface area contributed by atoms with Crippen molar-refractivity contribution >= 4 is 38.5 Å². The van der Waals surface area contributed by atoms with Crippen LogP contribution in [0.4, 0.5) is 0 Å². The summed E-state index contributed by atoms with van der Waals surface area (Å²) in [6.45, 7) is 0. The Labute approximate surface area is 127 Å². The lowest BCUT2D eigenvalue weighted by atomic mass is 10.0. The summed E-state index contributed by atoms with van der Waals surface area (Å²) >= 11 is 3.29. The molecule has 21 heavy (non-hydrogen) atoms. The SMILES string of the molecule is O=C1CCC(n2ccc3c(Br)cc(O)cc3c2=O)C(=O)N1. The van der Waals surface area contributed by atoms with Gasteiger partial charge in [-0.1, -0.05) is 15.9 Å². The Hall–Kier alpha value is -2.15. The van der Waals surface area contributed by atoms with Gasteiger partial charge in [-0.3, -0.25) is 19.7 Å². The number of aromatic nitrogens is 1. The fraction of sp³-hybridized carbons (Fsp3) is 0.214. The highest BCUT2D eigenvalue weighted by molar-refractivity contribution is 9.10.